The Hall–Kier alpha value is -0.440. The quantitative estimate of drug-likeness (QED) is 0.567. The predicted molar refractivity (Wildman–Crippen MR) is 39.2 cm³/mol. The molecule has 2 unspecified atom stereocenters. The molecule has 2 bridgehead atoms. The molecule has 0 aromatic carbocycles. The van der Waals surface area contributed by atoms with E-state index in [0.717, 1.165) is 11.8 Å². The van der Waals surface area contributed by atoms with E-state index in [1.165, 1.54) is 29.8 Å². The van der Waals surface area contributed by atoms with Crippen LogP contribution in [0.1, 0.15) is 41.7 Å². The van der Waals surface area contributed by atoms with Crippen LogP contribution in [-0.4, -0.2) is 9.59 Å². The Morgan fingerprint density at radius 2 is 2.20 bits per heavy atom. The van der Waals surface area contributed by atoms with Gasteiger partial charge in [0.15, 0.2) is 0 Å². The molecule has 1 aromatic rings. The number of fused-ring (bicyclic) bond motifs is 5. The summed E-state index contributed by atoms with van der Waals surface area (Å²) in [5.41, 5.74) is 1.33. The topological polar surface area (TPSA) is 25.8 Å². The summed E-state index contributed by atoms with van der Waals surface area (Å²) in [7, 11) is 0. The maximum absolute atomic E-state index is 4.15. The molecule has 0 radical (unpaired) electrons. The Morgan fingerprint density at radius 3 is 3.10 bits per heavy atom. The minimum atomic E-state index is 0.791. The molecule has 52 valence electrons. The van der Waals surface area contributed by atoms with Gasteiger partial charge in [-0.1, -0.05) is 4.49 Å². The molecular weight excluding hydrogens is 144 g/mol. The molecule has 0 spiro atoms. The Kier molecular flexibility index (Phi) is 0.832. The van der Waals surface area contributed by atoms with E-state index in [4.69, 9.17) is 0 Å². The molecule has 1 fully saturated rings. The number of aromatic nitrogens is 2. The minimum absolute atomic E-state index is 0.791. The third-order valence-electron chi connectivity index (χ3n) is 2.73. The summed E-state index contributed by atoms with van der Waals surface area (Å²) >= 11 is 1.61. The molecule has 0 N–H and O–H groups in total. The second kappa shape index (κ2) is 1.59. The maximum atomic E-state index is 4.15. The van der Waals surface area contributed by atoms with E-state index in [2.05, 4.69) is 9.59 Å². The minimum Gasteiger partial charge on any atom is -0.143 e. The zero-order valence-electron chi connectivity index (χ0n) is 5.58. The van der Waals surface area contributed by atoms with E-state index in [1.54, 1.807) is 11.5 Å². The standard InChI is InChI=1S/C7H8N2S/c1-2-5-3-4(1)6-7(5)10-9-8-6/h4-5H,1-3H2. The average molecular weight is 152 g/mol. The number of hydrogen-bond acceptors (Lipinski definition) is 3. The van der Waals surface area contributed by atoms with Crippen molar-refractivity contribution < 1.29 is 0 Å². The maximum Gasteiger partial charge on any atom is 0.0821 e. The highest BCUT2D eigenvalue weighted by Gasteiger charge is 2.39. The van der Waals surface area contributed by atoms with E-state index in [9.17, 15) is 0 Å². The van der Waals surface area contributed by atoms with Crippen LogP contribution in [0.2, 0.25) is 0 Å². The van der Waals surface area contributed by atoms with Gasteiger partial charge in [0.1, 0.15) is 0 Å². The molecule has 0 amide bonds. The summed E-state index contributed by atoms with van der Waals surface area (Å²) in [6.07, 6.45) is 4.13. The van der Waals surface area contributed by atoms with Crippen molar-refractivity contribution in [2.24, 2.45) is 0 Å². The van der Waals surface area contributed by atoms with Crippen LogP contribution in [-0.2, 0) is 0 Å². The molecule has 1 heterocycles. The molecule has 3 heteroatoms. The highest BCUT2D eigenvalue weighted by atomic mass is 32.1. The van der Waals surface area contributed by atoms with Crippen LogP contribution in [0.4, 0.5) is 0 Å². The van der Waals surface area contributed by atoms with E-state index >= 15 is 0 Å². The van der Waals surface area contributed by atoms with Gasteiger partial charge in [0.05, 0.1) is 10.6 Å². The SMILES string of the molecule is C1CC2CC1c1nnsc12. The number of nitrogens with zero attached hydrogens (tertiary/aromatic N) is 2. The first-order valence-electron chi connectivity index (χ1n) is 3.77. The second-order valence-corrected chi connectivity index (χ2v) is 4.02. The smallest absolute Gasteiger partial charge is 0.0821 e. The van der Waals surface area contributed by atoms with Crippen molar-refractivity contribution >= 4 is 11.5 Å². The summed E-state index contributed by atoms with van der Waals surface area (Å²) in [5.74, 6) is 1.64. The lowest BCUT2D eigenvalue weighted by Crippen LogP contribution is -1.93. The van der Waals surface area contributed by atoms with Crippen LogP contribution in [0.5, 0.6) is 0 Å². The fourth-order valence-electron chi connectivity index (χ4n) is 2.24. The number of rotatable bonds is 0. The molecule has 0 aliphatic heterocycles. The first kappa shape index (κ1) is 5.24. The zero-order valence-corrected chi connectivity index (χ0v) is 6.40. The Morgan fingerprint density at radius 1 is 1.30 bits per heavy atom. The monoisotopic (exact) mass is 152 g/mol. The van der Waals surface area contributed by atoms with Gasteiger partial charge in [-0.15, -0.1) is 5.10 Å². The average Bonchev–Trinajstić information content (AvgIpc) is 2.60. The lowest BCUT2D eigenvalue weighted by Gasteiger charge is -2.04. The van der Waals surface area contributed by atoms with Gasteiger partial charge >= 0.3 is 0 Å². The van der Waals surface area contributed by atoms with Crippen molar-refractivity contribution in [2.75, 3.05) is 0 Å². The van der Waals surface area contributed by atoms with Crippen molar-refractivity contribution in [1.82, 2.24) is 9.59 Å². The van der Waals surface area contributed by atoms with Crippen LogP contribution in [0, 0.1) is 0 Å². The van der Waals surface area contributed by atoms with Crippen molar-refractivity contribution in [3.63, 3.8) is 0 Å². The largest absolute Gasteiger partial charge is 0.143 e. The van der Waals surface area contributed by atoms with Crippen molar-refractivity contribution in [1.29, 1.82) is 0 Å². The van der Waals surface area contributed by atoms with Gasteiger partial charge in [0.25, 0.3) is 0 Å². The third-order valence-corrected chi connectivity index (χ3v) is 3.63. The summed E-state index contributed by atoms with van der Waals surface area (Å²) < 4.78 is 3.98. The zero-order chi connectivity index (χ0) is 6.55. The van der Waals surface area contributed by atoms with Gasteiger partial charge in [-0.25, -0.2) is 0 Å². The highest BCUT2D eigenvalue weighted by Crippen LogP contribution is 2.53. The number of hydrogen-bond donors (Lipinski definition) is 0. The molecule has 1 aromatic heterocycles. The van der Waals surface area contributed by atoms with Gasteiger partial charge in [0, 0.05) is 5.92 Å². The predicted octanol–water partition coefficient (Wildman–Crippen LogP) is 1.90. The van der Waals surface area contributed by atoms with Gasteiger partial charge < -0.3 is 0 Å². The lowest BCUT2D eigenvalue weighted by molar-refractivity contribution is 0.701. The first-order chi connectivity index (χ1) is 4.95. The first-order valence-corrected chi connectivity index (χ1v) is 4.54. The van der Waals surface area contributed by atoms with E-state index in [0.29, 0.717) is 0 Å². The normalized spacial score (nSPS) is 34.8. The van der Waals surface area contributed by atoms with Crippen LogP contribution in [0.3, 0.4) is 0 Å². The Balaban J connectivity index is 2.25. The molecule has 2 atom stereocenters. The van der Waals surface area contributed by atoms with Gasteiger partial charge in [0.2, 0.25) is 0 Å². The summed E-state index contributed by atoms with van der Waals surface area (Å²) in [6.45, 7) is 0. The summed E-state index contributed by atoms with van der Waals surface area (Å²) in [5, 5.41) is 4.15. The van der Waals surface area contributed by atoms with E-state index < -0.39 is 0 Å². The molecule has 1 saturated carbocycles. The fraction of sp³-hybridized carbons (Fsp3) is 0.714. The van der Waals surface area contributed by atoms with Gasteiger partial charge in [-0.3, -0.25) is 0 Å². The summed E-state index contributed by atoms with van der Waals surface area (Å²) in [4.78, 5) is 1.50. The molecular formula is C7H8N2S. The van der Waals surface area contributed by atoms with Crippen molar-refractivity contribution in [3.8, 4) is 0 Å². The van der Waals surface area contributed by atoms with Crippen LogP contribution < -0.4 is 0 Å². The molecule has 10 heavy (non-hydrogen) atoms. The van der Waals surface area contributed by atoms with E-state index in [-0.39, 0.29) is 0 Å². The van der Waals surface area contributed by atoms with Crippen LogP contribution in [0.15, 0.2) is 0 Å². The highest BCUT2D eigenvalue weighted by molar-refractivity contribution is 7.05. The van der Waals surface area contributed by atoms with Gasteiger partial charge in [-0.2, -0.15) is 0 Å². The third kappa shape index (κ3) is 0.461. The van der Waals surface area contributed by atoms with E-state index in [1.807, 2.05) is 0 Å². The second-order valence-electron chi connectivity index (χ2n) is 3.23. The molecule has 2 aliphatic rings. The Bertz CT molecular complexity index is 244. The van der Waals surface area contributed by atoms with Gasteiger partial charge in [-0.05, 0) is 36.7 Å². The molecule has 2 aliphatic carbocycles. The Labute approximate surface area is 63.4 Å². The molecule has 3 rings (SSSR count). The van der Waals surface area contributed by atoms with Crippen molar-refractivity contribution in [2.45, 2.75) is 31.1 Å². The molecule has 0 saturated heterocycles. The summed E-state index contributed by atoms with van der Waals surface area (Å²) in [6, 6.07) is 0. The van der Waals surface area contributed by atoms with Crippen molar-refractivity contribution in [3.05, 3.63) is 10.6 Å². The van der Waals surface area contributed by atoms with Crippen LogP contribution in [0.25, 0.3) is 0 Å². The fourth-order valence-corrected chi connectivity index (χ4v) is 3.12. The van der Waals surface area contributed by atoms with Crippen LogP contribution >= 0.6 is 11.5 Å². The lowest BCUT2D eigenvalue weighted by atomic mass is 10.0. The molecule has 2 nitrogen and oxygen atoms in total.